The molecular formula is C65H130N10O20Si5. The molecule has 0 aromatic carbocycles. The normalized spacial score (nSPS) is 25.5. The van der Waals surface area contributed by atoms with Gasteiger partial charge in [-0.2, -0.15) is 0 Å². The Morgan fingerprint density at radius 1 is 0.280 bits per heavy atom. The third kappa shape index (κ3) is 38.7. The van der Waals surface area contributed by atoms with Gasteiger partial charge in [0.25, 0.3) is 0 Å². The van der Waals surface area contributed by atoms with Crippen molar-refractivity contribution < 1.29 is 91.9 Å². The average Bonchev–Trinajstić information content (AvgIpc) is 1.74. The summed E-state index contributed by atoms with van der Waals surface area (Å²) in [5.41, 5.74) is 0. The molecule has 100 heavy (non-hydrogen) atoms. The van der Waals surface area contributed by atoms with E-state index in [4.69, 9.17) is 67.9 Å². The molecule has 5 unspecified atom stereocenters. The van der Waals surface area contributed by atoms with Crippen molar-refractivity contribution in [2.24, 2.45) is 0 Å². The fraction of sp³-hybridized carbons (Fsp3) is 0.923. The van der Waals surface area contributed by atoms with Gasteiger partial charge >= 0.3 is 73.3 Å². The van der Waals surface area contributed by atoms with Crippen LogP contribution in [0.4, 0.5) is 24.0 Å². The molecule has 580 valence electrons. The Balaban J connectivity index is 1.14. The van der Waals surface area contributed by atoms with E-state index in [1.807, 2.05) is 0 Å². The van der Waals surface area contributed by atoms with Gasteiger partial charge in [0.2, 0.25) is 0 Å². The molecule has 6 aliphatic rings. The van der Waals surface area contributed by atoms with Crippen molar-refractivity contribution in [2.45, 2.75) is 192 Å². The number of carbonyl (C=O) groups is 5. The molecule has 5 N–H and O–H groups in total. The molecule has 6 heterocycles. The fourth-order valence-electron chi connectivity index (χ4n) is 12.4. The second kappa shape index (κ2) is 46.0. The van der Waals surface area contributed by atoms with Crippen LogP contribution < -0.4 is 26.6 Å². The van der Waals surface area contributed by atoms with E-state index in [2.05, 4.69) is 118 Å². The van der Waals surface area contributed by atoms with E-state index in [1.54, 1.807) is 0 Å². The fourth-order valence-corrected chi connectivity index (χ4v) is 41.4. The van der Waals surface area contributed by atoms with Crippen molar-refractivity contribution in [3.63, 3.8) is 0 Å². The van der Waals surface area contributed by atoms with Gasteiger partial charge in [-0.05, 0) is 162 Å². The molecule has 0 bridgehead atoms. The predicted molar refractivity (Wildman–Crippen MR) is 390 cm³/mol. The Kier molecular flexibility index (Phi) is 39.5. The lowest BCUT2D eigenvalue weighted by atomic mass is 10.2. The number of nitrogens with one attached hydrogen (secondary N) is 5. The van der Waals surface area contributed by atoms with Crippen LogP contribution in [0.3, 0.4) is 0 Å². The van der Waals surface area contributed by atoms with Crippen LogP contribution in [0.5, 0.6) is 0 Å². The van der Waals surface area contributed by atoms with Crippen LogP contribution in [-0.4, -0.2) is 325 Å². The largest absolute Gasteiger partial charge is 0.447 e. The van der Waals surface area contributed by atoms with Crippen LogP contribution in [0.25, 0.3) is 0 Å². The SMILES string of the molecule is CC(CCNC(=O)OCCOCCC[Si]1(C)O[Si](C)(CCCOCCOC(=O)NCCC(C)N2CC2)O[Si](C)(CCCOCCOC(=O)NCCC(C)N2CC2)O[Si](C)(CCCOCCOC(=O)NCCC(C)N2CC2)O[Si](C)(CCCOCCOC(=O)NCCC(C)N2CC2)O1)N1CC1. The molecular weight excluding hydrogens is 1380 g/mol. The molecule has 0 aromatic heterocycles. The van der Waals surface area contributed by atoms with E-state index < -0.39 is 73.3 Å². The quantitative estimate of drug-likeness (QED) is 0.0186. The molecule has 6 fully saturated rings. The topological polar surface area (TPSA) is 299 Å². The second-order valence-corrected chi connectivity index (χ2v) is 46.4. The summed E-state index contributed by atoms with van der Waals surface area (Å²) in [7, 11) is -16.8. The van der Waals surface area contributed by atoms with E-state index >= 15 is 0 Å². The van der Waals surface area contributed by atoms with Crippen molar-refractivity contribution in [2.75, 3.05) is 197 Å². The number of alkyl carbamates (subject to hydrolysis) is 5. The first-order valence-corrected chi connectivity index (χ1v) is 50.2. The first-order valence-electron chi connectivity index (χ1n) is 37.6. The van der Waals surface area contributed by atoms with Crippen molar-refractivity contribution in [3.8, 4) is 0 Å². The maximum absolute atomic E-state index is 12.6. The second-order valence-electron chi connectivity index (χ2n) is 28.4. The monoisotopic (exact) mass is 1510 g/mol. The Bertz CT molecular complexity index is 1980. The Morgan fingerprint density at radius 3 is 0.590 bits per heavy atom. The zero-order valence-electron chi connectivity index (χ0n) is 62.6. The molecule has 0 radical (unpaired) electrons. The highest BCUT2D eigenvalue weighted by molar-refractivity contribution is 6.94. The lowest BCUT2D eigenvalue weighted by molar-refractivity contribution is 0.0714. The summed E-state index contributed by atoms with van der Waals surface area (Å²) in [5, 5.41) is 14.3. The summed E-state index contributed by atoms with van der Waals surface area (Å²) in [6.07, 6.45) is 4.76. The minimum Gasteiger partial charge on any atom is -0.447 e. The summed E-state index contributed by atoms with van der Waals surface area (Å²) in [4.78, 5) is 74.5. The number of carbonyl (C=O) groups excluding carboxylic acids is 5. The Morgan fingerprint density at radius 2 is 0.440 bits per heavy atom. The number of ether oxygens (including phenoxy) is 10. The van der Waals surface area contributed by atoms with E-state index in [9.17, 15) is 24.0 Å². The maximum Gasteiger partial charge on any atom is 0.407 e. The van der Waals surface area contributed by atoms with Crippen LogP contribution >= 0.6 is 0 Å². The number of rotatable bonds is 55. The molecule has 6 saturated heterocycles. The highest BCUT2D eigenvalue weighted by Crippen LogP contribution is 2.39. The van der Waals surface area contributed by atoms with Crippen LogP contribution in [0.15, 0.2) is 0 Å². The summed E-state index contributed by atoms with van der Waals surface area (Å²) < 4.78 is 96.1. The van der Waals surface area contributed by atoms with Gasteiger partial charge in [-0.15, -0.1) is 0 Å². The minimum atomic E-state index is -3.35. The van der Waals surface area contributed by atoms with Crippen molar-refractivity contribution >= 4 is 73.3 Å². The highest BCUT2D eigenvalue weighted by atomic mass is 28.5. The molecule has 0 spiro atoms. The lowest BCUT2D eigenvalue weighted by Gasteiger charge is -2.50. The molecule has 35 heteroatoms. The Hall–Kier alpha value is -3.17. The molecule has 6 aliphatic heterocycles. The van der Waals surface area contributed by atoms with Gasteiger partial charge in [0.1, 0.15) is 33.0 Å². The smallest absolute Gasteiger partial charge is 0.407 e. The van der Waals surface area contributed by atoms with E-state index in [0.29, 0.717) is 158 Å². The summed E-state index contributed by atoms with van der Waals surface area (Å²) >= 11 is 0. The van der Waals surface area contributed by atoms with E-state index in [0.717, 1.165) is 97.6 Å². The van der Waals surface area contributed by atoms with Crippen LogP contribution in [0.2, 0.25) is 63.0 Å². The average molecular weight is 1510 g/mol. The van der Waals surface area contributed by atoms with Gasteiger partial charge in [-0.1, -0.05) is 0 Å². The predicted octanol–water partition coefficient (Wildman–Crippen LogP) is 6.58. The summed E-state index contributed by atoms with van der Waals surface area (Å²) in [6.45, 7) is 38.3. The number of hydrogen-bond acceptors (Lipinski definition) is 25. The zero-order valence-corrected chi connectivity index (χ0v) is 67.6. The molecule has 0 aliphatic carbocycles. The number of nitrogens with zero attached hydrogens (tertiary/aromatic N) is 5. The molecule has 30 nitrogen and oxygen atoms in total. The third-order valence-corrected chi connectivity index (χ3v) is 42.3. The zero-order chi connectivity index (χ0) is 72.1. The highest BCUT2D eigenvalue weighted by Gasteiger charge is 2.57. The summed E-state index contributed by atoms with van der Waals surface area (Å²) in [5.74, 6) is 0. The van der Waals surface area contributed by atoms with Gasteiger partial charge in [-0.3, -0.25) is 24.5 Å². The van der Waals surface area contributed by atoms with Crippen molar-refractivity contribution in [3.05, 3.63) is 0 Å². The van der Waals surface area contributed by atoms with Crippen molar-refractivity contribution in [1.82, 2.24) is 51.1 Å². The van der Waals surface area contributed by atoms with Crippen LogP contribution in [0, 0.1) is 0 Å². The van der Waals surface area contributed by atoms with Crippen molar-refractivity contribution in [1.29, 1.82) is 0 Å². The standard InChI is InChI=1S/C65H130N10O20Si5/c1-56(71-26-27-71)16-21-66-61(76)86-46-41-81-36-11-51-96(6)91-97(7,52-12-37-82-42-47-87-62(77)67-22-17-57(2)72-28-29-72)93-99(9,54-14-39-84-44-49-89-64(79)69-24-19-59(4)74-32-33-74)95-100(10,55-15-40-85-45-50-90-65(80)70-25-20-60(5)75-34-35-75)94-98(8,92-96)53-13-38-83-43-48-88-63(78)68-23-18-58(3)73-30-31-73/h56-60H,11-55H2,1-10H3,(H,66,76)(H,67,77)(H,68,78)(H,69,79)(H,70,80). The van der Waals surface area contributed by atoms with Gasteiger partial charge in [0, 0.05) is 161 Å². The van der Waals surface area contributed by atoms with Gasteiger partial charge in [0.15, 0.2) is 0 Å². The lowest BCUT2D eigenvalue weighted by Crippen LogP contribution is -2.67. The van der Waals surface area contributed by atoms with E-state index in [-0.39, 0.29) is 66.1 Å². The molecule has 0 saturated carbocycles. The van der Waals surface area contributed by atoms with E-state index in [1.165, 1.54) is 0 Å². The first-order chi connectivity index (χ1) is 47.9. The molecule has 0 aromatic rings. The van der Waals surface area contributed by atoms with Gasteiger partial charge < -0.3 is 94.5 Å². The van der Waals surface area contributed by atoms with Gasteiger partial charge in [-0.25, -0.2) is 24.0 Å². The number of amides is 5. The molecule has 5 atom stereocenters. The molecule has 5 amide bonds. The van der Waals surface area contributed by atoms with Gasteiger partial charge in [0.05, 0.1) is 33.0 Å². The summed E-state index contributed by atoms with van der Waals surface area (Å²) in [6, 6.07) is 4.69. The van der Waals surface area contributed by atoms with Crippen LogP contribution in [0.1, 0.15) is 98.8 Å². The maximum atomic E-state index is 12.6. The first kappa shape index (κ1) is 85.8. The Labute approximate surface area is 602 Å². The molecule has 6 rings (SSSR count). The third-order valence-electron chi connectivity index (χ3n) is 18.7. The number of hydrogen-bond donors (Lipinski definition) is 5. The minimum absolute atomic E-state index is 0.0989. The van der Waals surface area contributed by atoms with Crippen LogP contribution in [-0.2, 0) is 67.9 Å².